The summed E-state index contributed by atoms with van der Waals surface area (Å²) in [6.07, 6.45) is 0.395. The zero-order chi connectivity index (χ0) is 9.19. The summed E-state index contributed by atoms with van der Waals surface area (Å²) in [5, 5.41) is 0. The molecule has 66 valence electrons. The van der Waals surface area contributed by atoms with E-state index in [2.05, 4.69) is 8.94 Å². The van der Waals surface area contributed by atoms with Crippen LogP contribution < -0.4 is 4.52 Å². The third-order valence-electron chi connectivity index (χ3n) is 0.927. The van der Waals surface area contributed by atoms with Crippen LogP contribution >= 0.6 is 7.82 Å². The highest BCUT2D eigenvalue weighted by Gasteiger charge is 2.18. The molecule has 0 aliphatic carbocycles. The second-order valence-corrected chi connectivity index (χ2v) is 3.02. The minimum Gasteiger partial charge on any atom is -0.422 e. The van der Waals surface area contributed by atoms with Gasteiger partial charge < -0.3 is 8.94 Å². The van der Waals surface area contributed by atoms with Crippen molar-refractivity contribution in [1.29, 1.82) is 0 Å². The maximum Gasteiger partial charge on any atom is 0.527 e. The Morgan fingerprint density at radius 2 is 2.17 bits per heavy atom. The third-order valence-corrected chi connectivity index (χ3v) is 1.34. The maximum atomic E-state index is 10.2. The molecule has 0 spiro atoms. The molecule has 1 heterocycles. The lowest BCUT2D eigenvalue weighted by Crippen LogP contribution is -1.87. The minimum absolute atomic E-state index is 0.0570. The summed E-state index contributed by atoms with van der Waals surface area (Å²) in [5.74, 6) is -0.441. The van der Waals surface area contributed by atoms with E-state index < -0.39 is 7.82 Å². The van der Waals surface area contributed by atoms with Gasteiger partial charge in [0.25, 0.3) is 5.95 Å². The summed E-state index contributed by atoms with van der Waals surface area (Å²) in [4.78, 5) is 26.6. The van der Waals surface area contributed by atoms with Crippen molar-refractivity contribution in [3.8, 4) is 5.95 Å². The van der Waals surface area contributed by atoms with Gasteiger partial charge in [-0.2, -0.15) is 0 Å². The van der Waals surface area contributed by atoms with Crippen LogP contribution in [0.2, 0.25) is 0 Å². The quantitative estimate of drug-likeness (QED) is 0.536. The topological polar surface area (TPSA) is 97.0 Å². The smallest absolute Gasteiger partial charge is 0.422 e. The highest BCUT2D eigenvalue weighted by molar-refractivity contribution is 7.46. The van der Waals surface area contributed by atoms with E-state index in [0.717, 1.165) is 6.07 Å². The van der Waals surface area contributed by atoms with Gasteiger partial charge in [0.15, 0.2) is 12.0 Å². The molecule has 0 atom stereocenters. The van der Waals surface area contributed by atoms with Crippen LogP contribution in [0.25, 0.3) is 0 Å². The Kier molecular flexibility index (Phi) is 2.32. The Balaban J connectivity index is 2.77. The molecule has 6 nitrogen and oxygen atoms in total. The molecule has 1 aromatic heterocycles. The van der Waals surface area contributed by atoms with E-state index in [-0.39, 0.29) is 11.7 Å². The van der Waals surface area contributed by atoms with Crippen LogP contribution in [0.5, 0.6) is 5.95 Å². The summed E-state index contributed by atoms with van der Waals surface area (Å²) in [5.41, 5.74) is 0. The zero-order valence-electron chi connectivity index (χ0n) is 5.71. The molecule has 1 aromatic rings. The highest BCUT2D eigenvalue weighted by Crippen LogP contribution is 2.37. The van der Waals surface area contributed by atoms with E-state index in [4.69, 9.17) is 9.79 Å². The lowest BCUT2D eigenvalue weighted by atomic mass is 10.5. The molecule has 0 aliphatic heterocycles. The van der Waals surface area contributed by atoms with Crippen LogP contribution in [-0.4, -0.2) is 16.1 Å². The van der Waals surface area contributed by atoms with E-state index in [9.17, 15) is 9.36 Å². The largest absolute Gasteiger partial charge is 0.527 e. The Hall–Kier alpha value is -1.10. The number of aldehydes is 1. The number of furan rings is 1. The monoisotopic (exact) mass is 192 g/mol. The predicted octanol–water partition coefficient (Wildman–Crippen LogP) is 0.564. The molecular weight excluding hydrogens is 187 g/mol. The average molecular weight is 192 g/mol. The number of rotatable bonds is 3. The van der Waals surface area contributed by atoms with Crippen molar-refractivity contribution in [3.05, 3.63) is 17.9 Å². The molecule has 0 amide bonds. The van der Waals surface area contributed by atoms with Gasteiger partial charge in [-0.15, -0.1) is 0 Å². The van der Waals surface area contributed by atoms with Crippen molar-refractivity contribution < 1.29 is 28.1 Å². The number of phosphoric acid groups is 1. The number of phosphoric ester groups is 1. The van der Waals surface area contributed by atoms with Gasteiger partial charge >= 0.3 is 7.82 Å². The molecule has 0 unspecified atom stereocenters. The first-order chi connectivity index (χ1) is 5.51. The first-order valence-corrected chi connectivity index (χ1v) is 4.34. The van der Waals surface area contributed by atoms with Gasteiger partial charge in [-0.1, -0.05) is 0 Å². The molecule has 7 heteroatoms. The summed E-state index contributed by atoms with van der Waals surface area (Å²) >= 11 is 0. The van der Waals surface area contributed by atoms with Gasteiger partial charge in [0.1, 0.15) is 0 Å². The highest BCUT2D eigenvalue weighted by atomic mass is 31.2. The van der Waals surface area contributed by atoms with Crippen molar-refractivity contribution in [2.45, 2.75) is 0 Å². The molecule has 0 aromatic carbocycles. The fourth-order valence-electron chi connectivity index (χ4n) is 0.564. The van der Waals surface area contributed by atoms with Crippen LogP contribution in [0.1, 0.15) is 10.6 Å². The zero-order valence-corrected chi connectivity index (χ0v) is 6.60. The number of carbonyl (C=O) groups excluding carboxylic acids is 1. The lowest BCUT2D eigenvalue weighted by molar-refractivity contribution is 0.109. The first-order valence-electron chi connectivity index (χ1n) is 2.81. The molecule has 1 rings (SSSR count). The van der Waals surface area contributed by atoms with E-state index in [1.54, 1.807) is 0 Å². The van der Waals surface area contributed by atoms with Crippen molar-refractivity contribution in [2.75, 3.05) is 0 Å². The van der Waals surface area contributed by atoms with Gasteiger partial charge in [-0.25, -0.2) is 4.57 Å². The van der Waals surface area contributed by atoms with Crippen molar-refractivity contribution >= 4 is 14.1 Å². The molecular formula is C5H5O6P. The van der Waals surface area contributed by atoms with Crippen LogP contribution in [0, 0.1) is 0 Å². The fourth-order valence-corrected chi connectivity index (χ4v) is 0.897. The summed E-state index contributed by atoms with van der Waals surface area (Å²) < 4.78 is 18.8. The van der Waals surface area contributed by atoms with Gasteiger partial charge in [0.2, 0.25) is 0 Å². The molecule has 0 fully saturated rings. The summed E-state index contributed by atoms with van der Waals surface area (Å²) in [7, 11) is -4.59. The number of hydrogen-bond acceptors (Lipinski definition) is 4. The second-order valence-electron chi connectivity index (χ2n) is 1.86. The standard InChI is InChI=1S/C5H5O6P/c6-3-4-1-2-5(10-4)11-12(7,8)9/h1-3H,(H2,7,8,9). The normalized spacial score (nSPS) is 11.2. The van der Waals surface area contributed by atoms with Crippen LogP contribution in [0.15, 0.2) is 16.5 Å². The van der Waals surface area contributed by atoms with Gasteiger partial charge in [0, 0.05) is 6.07 Å². The van der Waals surface area contributed by atoms with E-state index >= 15 is 0 Å². The molecule has 0 radical (unpaired) electrons. The minimum atomic E-state index is -4.59. The fraction of sp³-hybridized carbons (Fsp3) is 0. The van der Waals surface area contributed by atoms with E-state index in [1.165, 1.54) is 6.07 Å². The predicted molar refractivity (Wildman–Crippen MR) is 36.8 cm³/mol. The average Bonchev–Trinajstić information content (AvgIpc) is 2.32. The molecule has 12 heavy (non-hydrogen) atoms. The molecule has 0 saturated heterocycles. The van der Waals surface area contributed by atoms with Crippen molar-refractivity contribution in [1.82, 2.24) is 0 Å². The molecule has 2 N–H and O–H groups in total. The second kappa shape index (κ2) is 3.10. The van der Waals surface area contributed by atoms with Gasteiger partial charge in [-0.05, 0) is 6.07 Å². The van der Waals surface area contributed by atoms with Crippen LogP contribution in [0.3, 0.4) is 0 Å². The molecule has 0 saturated carbocycles. The van der Waals surface area contributed by atoms with Crippen molar-refractivity contribution in [3.63, 3.8) is 0 Å². The first kappa shape index (κ1) is 8.99. The van der Waals surface area contributed by atoms with Crippen LogP contribution in [0.4, 0.5) is 0 Å². The Bertz CT molecular complexity index is 322. The molecule has 0 bridgehead atoms. The third kappa shape index (κ3) is 2.50. The van der Waals surface area contributed by atoms with Gasteiger partial charge in [-0.3, -0.25) is 14.6 Å². The SMILES string of the molecule is O=Cc1ccc(OP(=O)(O)O)o1. The van der Waals surface area contributed by atoms with Crippen molar-refractivity contribution in [2.24, 2.45) is 0 Å². The van der Waals surface area contributed by atoms with Crippen LogP contribution in [-0.2, 0) is 4.57 Å². The maximum absolute atomic E-state index is 10.2. The van der Waals surface area contributed by atoms with E-state index in [1.807, 2.05) is 0 Å². The summed E-state index contributed by atoms with van der Waals surface area (Å²) in [6.45, 7) is 0. The Morgan fingerprint density at radius 1 is 1.50 bits per heavy atom. The number of carbonyl (C=O) groups is 1. The summed E-state index contributed by atoms with van der Waals surface area (Å²) in [6, 6.07) is 2.38. The lowest BCUT2D eigenvalue weighted by Gasteiger charge is -2.00. The number of hydrogen-bond donors (Lipinski definition) is 2. The Labute approximate surface area is 67.0 Å². The Morgan fingerprint density at radius 3 is 2.58 bits per heavy atom. The molecule has 0 aliphatic rings. The van der Waals surface area contributed by atoms with Gasteiger partial charge in [0.05, 0.1) is 0 Å². The van der Waals surface area contributed by atoms with E-state index in [0.29, 0.717) is 6.29 Å².